The Labute approximate surface area is 188 Å². The molecule has 6 heteroatoms. The number of oxazole rings is 1. The van der Waals surface area contributed by atoms with E-state index in [1.165, 1.54) is 5.56 Å². The highest BCUT2D eigenvalue weighted by molar-refractivity contribution is 5.72. The van der Waals surface area contributed by atoms with Crippen LogP contribution < -0.4 is 9.47 Å². The lowest BCUT2D eigenvalue weighted by molar-refractivity contribution is -0.142. The van der Waals surface area contributed by atoms with E-state index in [-0.39, 0.29) is 11.8 Å². The quantitative estimate of drug-likeness (QED) is 0.483. The first-order valence-electron chi connectivity index (χ1n) is 11.1. The highest BCUT2D eigenvalue weighted by Gasteiger charge is 2.33. The Balaban J connectivity index is 1.38. The van der Waals surface area contributed by atoms with Crippen LogP contribution in [0.15, 0.2) is 46.9 Å². The van der Waals surface area contributed by atoms with Crippen molar-refractivity contribution in [1.29, 1.82) is 0 Å². The highest BCUT2D eigenvalue weighted by atomic mass is 16.5. The number of rotatable bonds is 9. The van der Waals surface area contributed by atoms with Gasteiger partial charge in [0.1, 0.15) is 17.3 Å². The molecule has 6 nitrogen and oxygen atoms in total. The van der Waals surface area contributed by atoms with Crippen molar-refractivity contribution in [2.75, 3.05) is 13.7 Å². The second kappa shape index (κ2) is 9.47. The van der Waals surface area contributed by atoms with Gasteiger partial charge in [0.15, 0.2) is 0 Å². The van der Waals surface area contributed by atoms with Gasteiger partial charge in [0, 0.05) is 12.0 Å². The summed E-state index contributed by atoms with van der Waals surface area (Å²) in [6.45, 7) is 4.35. The van der Waals surface area contributed by atoms with E-state index >= 15 is 0 Å². The summed E-state index contributed by atoms with van der Waals surface area (Å²) in [5.41, 5.74) is 4.14. The van der Waals surface area contributed by atoms with Gasteiger partial charge in [-0.25, -0.2) is 4.98 Å². The minimum atomic E-state index is -0.706. The molecule has 1 aliphatic carbocycles. The van der Waals surface area contributed by atoms with Gasteiger partial charge in [0.05, 0.1) is 25.3 Å². The molecular weight excluding hydrogens is 406 g/mol. The van der Waals surface area contributed by atoms with Crippen LogP contribution in [-0.4, -0.2) is 29.8 Å². The predicted molar refractivity (Wildman–Crippen MR) is 121 cm³/mol. The fraction of sp³-hybridized carbons (Fsp3) is 0.385. The van der Waals surface area contributed by atoms with Gasteiger partial charge >= 0.3 is 5.97 Å². The van der Waals surface area contributed by atoms with Gasteiger partial charge in [0.2, 0.25) is 5.89 Å². The Morgan fingerprint density at radius 3 is 2.66 bits per heavy atom. The fourth-order valence-electron chi connectivity index (χ4n) is 4.55. The Hall–Kier alpha value is -3.28. The number of hydrogen-bond donors (Lipinski definition) is 1. The summed E-state index contributed by atoms with van der Waals surface area (Å²) in [6.07, 6.45) is 3.07. The normalized spacial score (nSPS) is 15.9. The van der Waals surface area contributed by atoms with E-state index in [1.54, 1.807) is 7.11 Å². The van der Waals surface area contributed by atoms with Crippen molar-refractivity contribution in [2.24, 2.45) is 5.92 Å². The number of carboxylic acid groups (broad SMARTS) is 1. The average molecular weight is 436 g/mol. The topological polar surface area (TPSA) is 81.8 Å². The molecule has 1 aliphatic rings. The maximum absolute atomic E-state index is 11.6. The minimum absolute atomic E-state index is 0.0932. The first kappa shape index (κ1) is 21.9. The molecule has 2 aromatic carbocycles. The van der Waals surface area contributed by atoms with Crippen LogP contribution in [0.5, 0.6) is 11.5 Å². The zero-order chi connectivity index (χ0) is 22.7. The Bertz CT molecular complexity index is 1090. The molecule has 2 unspecified atom stereocenters. The average Bonchev–Trinajstić information content (AvgIpc) is 3.37. The van der Waals surface area contributed by atoms with Crippen LogP contribution in [0, 0.1) is 12.8 Å². The van der Waals surface area contributed by atoms with Gasteiger partial charge in [-0.1, -0.05) is 13.0 Å². The lowest BCUT2D eigenvalue weighted by Crippen LogP contribution is -2.19. The first-order chi connectivity index (χ1) is 15.5. The van der Waals surface area contributed by atoms with E-state index in [0.29, 0.717) is 25.3 Å². The number of aryl methyl sites for hydroxylation is 2. The molecule has 168 valence electrons. The van der Waals surface area contributed by atoms with E-state index in [2.05, 4.69) is 11.1 Å². The molecule has 1 N–H and O–H groups in total. The zero-order valence-corrected chi connectivity index (χ0v) is 18.8. The van der Waals surface area contributed by atoms with E-state index in [0.717, 1.165) is 46.9 Å². The Morgan fingerprint density at radius 2 is 1.97 bits per heavy atom. The molecule has 0 radical (unpaired) electrons. The Kier molecular flexibility index (Phi) is 6.49. The third-order valence-electron chi connectivity index (χ3n) is 6.32. The smallest absolute Gasteiger partial charge is 0.307 e. The van der Waals surface area contributed by atoms with Crippen LogP contribution in [0.2, 0.25) is 0 Å². The van der Waals surface area contributed by atoms with E-state index in [1.807, 2.05) is 50.2 Å². The van der Waals surface area contributed by atoms with E-state index in [4.69, 9.17) is 13.9 Å². The standard InChI is InChI=1S/C26H29NO5/c1-4-21(26(28)29)23-11-7-18-15-20(10-12-22(18)23)31-14-13-24-16(2)32-25(27-24)17-5-8-19(30-3)9-6-17/h5-6,8-10,12,15,21,23H,4,7,11,13-14H2,1-3H3,(H,28,29). The molecule has 0 fully saturated rings. The molecule has 0 amide bonds. The van der Waals surface area contributed by atoms with E-state index in [9.17, 15) is 9.90 Å². The van der Waals surface area contributed by atoms with Crippen molar-refractivity contribution in [3.63, 3.8) is 0 Å². The van der Waals surface area contributed by atoms with Crippen molar-refractivity contribution in [3.8, 4) is 23.0 Å². The second-order valence-electron chi connectivity index (χ2n) is 8.21. The molecule has 0 spiro atoms. The van der Waals surface area contributed by atoms with E-state index < -0.39 is 5.97 Å². The number of carbonyl (C=O) groups is 1. The third kappa shape index (κ3) is 4.49. The SMILES string of the molecule is CCC(C(=O)O)C1CCc2cc(OCCc3nc(-c4ccc(OC)cc4)oc3C)ccc21. The lowest BCUT2D eigenvalue weighted by atomic mass is 9.85. The molecule has 1 aromatic heterocycles. The van der Waals surface area contributed by atoms with Crippen molar-refractivity contribution < 1.29 is 23.8 Å². The molecule has 3 aromatic rings. The number of aliphatic carboxylic acids is 1. The van der Waals surface area contributed by atoms with Crippen LogP contribution in [0.4, 0.5) is 0 Å². The van der Waals surface area contributed by atoms with Gasteiger partial charge in [-0.05, 0) is 79.6 Å². The number of fused-ring (bicyclic) bond motifs is 1. The molecule has 0 bridgehead atoms. The van der Waals surface area contributed by atoms with Crippen molar-refractivity contribution >= 4 is 5.97 Å². The Morgan fingerprint density at radius 1 is 1.22 bits per heavy atom. The summed E-state index contributed by atoms with van der Waals surface area (Å²) < 4.78 is 17.0. The summed E-state index contributed by atoms with van der Waals surface area (Å²) >= 11 is 0. The fourth-order valence-corrected chi connectivity index (χ4v) is 4.55. The van der Waals surface area contributed by atoms with Crippen LogP contribution in [0.25, 0.3) is 11.5 Å². The summed E-state index contributed by atoms with van der Waals surface area (Å²) in [6, 6.07) is 13.7. The first-order valence-corrected chi connectivity index (χ1v) is 11.1. The highest BCUT2D eigenvalue weighted by Crippen LogP contribution is 2.41. The molecule has 0 aliphatic heterocycles. The number of carboxylic acids is 1. The number of hydrogen-bond acceptors (Lipinski definition) is 5. The summed E-state index contributed by atoms with van der Waals surface area (Å²) in [5, 5.41) is 9.51. The van der Waals surface area contributed by atoms with Gasteiger partial charge in [-0.3, -0.25) is 4.79 Å². The maximum Gasteiger partial charge on any atom is 0.307 e. The van der Waals surface area contributed by atoms with Gasteiger partial charge in [-0.2, -0.15) is 0 Å². The molecular formula is C26H29NO5. The van der Waals surface area contributed by atoms with Crippen LogP contribution in [0.3, 0.4) is 0 Å². The molecule has 4 rings (SSSR count). The predicted octanol–water partition coefficient (Wildman–Crippen LogP) is 5.42. The molecule has 0 saturated heterocycles. The third-order valence-corrected chi connectivity index (χ3v) is 6.32. The minimum Gasteiger partial charge on any atom is -0.497 e. The van der Waals surface area contributed by atoms with Crippen LogP contribution >= 0.6 is 0 Å². The molecule has 1 heterocycles. The summed E-state index contributed by atoms with van der Waals surface area (Å²) in [7, 11) is 1.64. The molecule has 2 atom stereocenters. The lowest BCUT2D eigenvalue weighted by Gasteiger charge is -2.19. The number of nitrogens with zero attached hydrogens (tertiary/aromatic N) is 1. The summed E-state index contributed by atoms with van der Waals surface area (Å²) in [4.78, 5) is 16.2. The maximum atomic E-state index is 11.6. The molecule has 0 saturated carbocycles. The summed E-state index contributed by atoms with van der Waals surface area (Å²) in [5.74, 6) is 2.04. The second-order valence-corrected chi connectivity index (χ2v) is 8.21. The number of ether oxygens (including phenoxy) is 2. The monoisotopic (exact) mass is 435 g/mol. The van der Waals surface area contributed by atoms with Gasteiger partial charge in [-0.15, -0.1) is 0 Å². The van der Waals surface area contributed by atoms with Crippen molar-refractivity contribution in [2.45, 2.75) is 45.4 Å². The zero-order valence-electron chi connectivity index (χ0n) is 18.8. The molecule has 32 heavy (non-hydrogen) atoms. The number of aromatic nitrogens is 1. The van der Waals surface area contributed by atoms with Gasteiger partial charge in [0.25, 0.3) is 0 Å². The van der Waals surface area contributed by atoms with Gasteiger partial charge < -0.3 is 19.0 Å². The van der Waals surface area contributed by atoms with Crippen molar-refractivity contribution in [3.05, 3.63) is 65.0 Å². The largest absolute Gasteiger partial charge is 0.497 e. The van der Waals surface area contributed by atoms with Crippen LogP contribution in [0.1, 0.15) is 48.3 Å². The number of benzene rings is 2. The number of methoxy groups -OCH3 is 1. The van der Waals surface area contributed by atoms with Crippen molar-refractivity contribution in [1.82, 2.24) is 4.98 Å². The van der Waals surface area contributed by atoms with Crippen LogP contribution in [-0.2, 0) is 17.6 Å².